The first-order valence-corrected chi connectivity index (χ1v) is 22.2. The van der Waals surface area contributed by atoms with Gasteiger partial charge in [0.05, 0.1) is 18.2 Å². The van der Waals surface area contributed by atoms with E-state index >= 15 is 0 Å². The van der Waals surface area contributed by atoms with E-state index in [0.717, 1.165) is 31.2 Å². The highest BCUT2D eigenvalue weighted by Crippen LogP contribution is 2.59. The molecular weight excluding hydrogens is 825 g/mol. The van der Waals surface area contributed by atoms with Crippen LogP contribution in [0.2, 0.25) is 0 Å². The molecule has 2 aromatic rings. The molecular formula is C49H60N2O13. The summed E-state index contributed by atoms with van der Waals surface area (Å²) < 4.78 is 35.6. The van der Waals surface area contributed by atoms with Gasteiger partial charge in [0, 0.05) is 55.2 Å². The summed E-state index contributed by atoms with van der Waals surface area (Å²) in [6, 6.07) is 13.9. The Morgan fingerprint density at radius 3 is 2.22 bits per heavy atom. The lowest BCUT2D eigenvalue weighted by molar-refractivity contribution is -0.209. The zero-order valence-corrected chi connectivity index (χ0v) is 37.4. The number of benzene rings is 2. The van der Waals surface area contributed by atoms with Crippen LogP contribution < -0.4 is 5.32 Å². The molecule has 6 atom stereocenters. The third-order valence-corrected chi connectivity index (χ3v) is 12.3. The number of likely N-dealkylation sites (N-methyl/N-ethyl adjacent to an activating group) is 1. The smallest absolute Gasteiger partial charge is 0.348 e. The molecule has 2 saturated carbocycles. The van der Waals surface area contributed by atoms with Crippen molar-refractivity contribution < 1.29 is 62.3 Å². The first kappa shape index (κ1) is 46.6. The molecule has 15 heteroatoms. The van der Waals surface area contributed by atoms with E-state index in [9.17, 15) is 33.9 Å². The number of rotatable bonds is 17. The van der Waals surface area contributed by atoms with E-state index in [2.05, 4.69) is 5.32 Å². The van der Waals surface area contributed by atoms with Crippen LogP contribution in [-0.2, 0) is 58.8 Å². The number of aliphatic hydroxyl groups excluding tert-OH is 1. The molecule has 4 fully saturated rings. The third kappa shape index (κ3) is 11.1. The molecule has 0 radical (unpaired) electrons. The quantitative estimate of drug-likeness (QED) is 0.122. The van der Waals surface area contributed by atoms with Gasteiger partial charge in [-0.25, -0.2) is 14.4 Å². The molecule has 2 heterocycles. The summed E-state index contributed by atoms with van der Waals surface area (Å²) in [7, 11) is 1.54. The van der Waals surface area contributed by atoms with Crippen LogP contribution >= 0.6 is 0 Å². The minimum absolute atomic E-state index is 0.00599. The summed E-state index contributed by atoms with van der Waals surface area (Å²) >= 11 is 0. The van der Waals surface area contributed by atoms with E-state index in [1.165, 1.54) is 17.1 Å². The van der Waals surface area contributed by atoms with E-state index < -0.39 is 95.6 Å². The lowest BCUT2D eigenvalue weighted by atomic mass is 9.90. The van der Waals surface area contributed by atoms with Crippen LogP contribution in [0.5, 0.6) is 0 Å². The van der Waals surface area contributed by atoms with Crippen LogP contribution in [0.15, 0.2) is 72.3 Å². The van der Waals surface area contributed by atoms with Gasteiger partial charge >= 0.3 is 23.9 Å². The molecule has 0 aromatic heterocycles. The normalized spacial score (nSPS) is 24.4. The zero-order chi connectivity index (χ0) is 46.0. The van der Waals surface area contributed by atoms with Crippen molar-refractivity contribution in [2.24, 2.45) is 17.3 Å². The average molecular weight is 885 g/mol. The highest BCUT2D eigenvalue weighted by Gasteiger charge is 2.64. The monoisotopic (exact) mass is 884 g/mol. The van der Waals surface area contributed by atoms with Crippen molar-refractivity contribution in [2.45, 2.75) is 134 Å². The molecule has 2 saturated heterocycles. The predicted octanol–water partition coefficient (Wildman–Crippen LogP) is 5.02. The fraction of sp³-hybridized carbons (Fsp3) is 0.551. The van der Waals surface area contributed by atoms with Crippen molar-refractivity contribution >= 4 is 41.8 Å². The second-order valence-corrected chi connectivity index (χ2v) is 19.3. The molecule has 0 spiro atoms. The van der Waals surface area contributed by atoms with Crippen LogP contribution in [0.4, 0.5) is 0 Å². The number of amides is 2. The molecule has 2 amide bonds. The summed E-state index contributed by atoms with van der Waals surface area (Å²) in [5.74, 6) is -3.82. The Morgan fingerprint density at radius 1 is 0.953 bits per heavy atom. The van der Waals surface area contributed by atoms with Crippen molar-refractivity contribution in [2.75, 3.05) is 20.3 Å². The van der Waals surface area contributed by atoms with Crippen LogP contribution in [0.1, 0.15) is 101 Å². The number of nitrogens with one attached hydrogen (secondary N) is 1. The fourth-order valence-corrected chi connectivity index (χ4v) is 8.55. The zero-order valence-electron chi connectivity index (χ0n) is 37.4. The molecule has 5 aliphatic rings. The highest BCUT2D eigenvalue weighted by molar-refractivity contribution is 5.97. The Balaban J connectivity index is 1.07. The predicted molar refractivity (Wildman–Crippen MR) is 231 cm³/mol. The minimum Gasteiger partial charge on any atom is -0.462 e. The fourth-order valence-electron chi connectivity index (χ4n) is 8.55. The van der Waals surface area contributed by atoms with E-state index in [1.54, 1.807) is 72.0 Å². The van der Waals surface area contributed by atoms with Crippen molar-refractivity contribution in [1.82, 2.24) is 10.2 Å². The van der Waals surface area contributed by atoms with E-state index in [4.69, 9.17) is 28.4 Å². The van der Waals surface area contributed by atoms with Crippen LogP contribution in [0, 0.1) is 17.3 Å². The maximum Gasteiger partial charge on any atom is 0.348 e. The number of carbonyl (C=O) groups is 6. The number of carbonyl (C=O) groups excluding carboxylic acids is 6. The van der Waals surface area contributed by atoms with Gasteiger partial charge in [-0.15, -0.1) is 0 Å². The van der Waals surface area contributed by atoms with Crippen molar-refractivity contribution in [1.29, 1.82) is 0 Å². The van der Waals surface area contributed by atoms with Gasteiger partial charge in [-0.2, -0.15) is 0 Å². The molecule has 0 bridgehead atoms. The minimum atomic E-state index is -1.02. The summed E-state index contributed by atoms with van der Waals surface area (Å²) in [6.07, 6.45) is 5.20. The Labute approximate surface area is 373 Å². The third-order valence-electron chi connectivity index (χ3n) is 12.3. The molecule has 344 valence electrons. The largest absolute Gasteiger partial charge is 0.462 e. The molecule has 6 unspecified atom stereocenters. The summed E-state index contributed by atoms with van der Waals surface area (Å²) in [4.78, 5) is 81.0. The van der Waals surface area contributed by atoms with E-state index in [-0.39, 0.29) is 49.7 Å². The maximum atomic E-state index is 14.6. The number of esters is 4. The SMILES string of the molecule is CN(C(=O)C1=CC2OC(C3CC3)(C3CC3)OC2C(OC(=O)c2ccc(C=CC(=O)OC3C(=O)OCC3(C)C)cc2)C1)C(Cc1ccccc1)C(=O)NC(CO)CCC(=O)OC(C)(C)C. The molecule has 2 aromatic carbocycles. The molecule has 15 nitrogen and oxygen atoms in total. The second-order valence-electron chi connectivity index (χ2n) is 19.3. The first-order valence-electron chi connectivity index (χ1n) is 22.2. The van der Waals surface area contributed by atoms with Gasteiger partial charge in [0.2, 0.25) is 17.9 Å². The first-order chi connectivity index (χ1) is 30.4. The molecule has 3 aliphatic carbocycles. The molecule has 2 N–H and O–H groups in total. The average Bonchev–Trinajstić information content (AvgIpc) is 4.21. The number of hydrogen-bond acceptors (Lipinski definition) is 13. The number of aliphatic hydroxyl groups is 1. The highest BCUT2D eigenvalue weighted by atomic mass is 16.8. The number of hydrogen-bond donors (Lipinski definition) is 2. The molecule has 64 heavy (non-hydrogen) atoms. The van der Waals surface area contributed by atoms with E-state index in [0.29, 0.717) is 11.1 Å². The van der Waals surface area contributed by atoms with Gasteiger partial charge in [0.1, 0.15) is 36.6 Å². The summed E-state index contributed by atoms with van der Waals surface area (Å²) in [6.45, 7) is 8.56. The van der Waals surface area contributed by atoms with Crippen molar-refractivity contribution in [3.05, 3.63) is 89.0 Å². The Kier molecular flexibility index (Phi) is 13.8. The van der Waals surface area contributed by atoms with E-state index in [1.807, 2.05) is 30.3 Å². The maximum absolute atomic E-state index is 14.6. The number of cyclic esters (lactones) is 1. The van der Waals surface area contributed by atoms with Crippen LogP contribution in [0.25, 0.3) is 6.08 Å². The topological polar surface area (TPSA) is 193 Å². The lowest BCUT2D eigenvalue weighted by Crippen LogP contribution is -2.53. The molecule has 7 rings (SSSR count). The Hall–Kier alpha value is -5.38. The lowest BCUT2D eigenvalue weighted by Gasteiger charge is -2.34. The van der Waals surface area contributed by atoms with Gasteiger partial charge in [-0.05, 0) is 88.3 Å². The summed E-state index contributed by atoms with van der Waals surface area (Å²) in [5.41, 5.74) is 0.580. The van der Waals surface area contributed by atoms with Crippen molar-refractivity contribution in [3.8, 4) is 0 Å². The van der Waals surface area contributed by atoms with Gasteiger partial charge in [-0.1, -0.05) is 56.3 Å². The summed E-state index contributed by atoms with van der Waals surface area (Å²) in [5, 5.41) is 13.1. The van der Waals surface area contributed by atoms with Gasteiger partial charge in [0.15, 0.2) is 5.79 Å². The Bertz CT molecular complexity index is 2120. The van der Waals surface area contributed by atoms with Gasteiger partial charge in [0.25, 0.3) is 0 Å². The van der Waals surface area contributed by atoms with Crippen LogP contribution in [-0.4, -0.2) is 114 Å². The number of fused-ring (bicyclic) bond motifs is 1. The van der Waals surface area contributed by atoms with Gasteiger partial charge < -0.3 is 43.7 Å². The van der Waals surface area contributed by atoms with Crippen LogP contribution in [0.3, 0.4) is 0 Å². The van der Waals surface area contributed by atoms with Gasteiger partial charge in [-0.3, -0.25) is 14.4 Å². The number of nitrogens with zero attached hydrogens (tertiary/aromatic N) is 1. The standard InChI is InChI=1S/C49H60N2O13/c1-47(2,3)63-40(54)23-21-35(27-52)50-43(55)36(24-30-10-8-7-9-11-30)51(6)44(56)32-25-37(41-38(26-32)62-49(64-41,33-17-18-33)34-19-20-34)60-45(57)31-15-12-29(13-16-31)14-22-39(53)61-42-46(58)59-28-48(42,4)5/h7-16,22,26,33-38,41-42,52H,17-21,23-25,27-28H2,1-6H3,(H,50,55). The number of ether oxygens (including phenoxy) is 6. The molecule has 2 aliphatic heterocycles. The van der Waals surface area contributed by atoms with Crippen molar-refractivity contribution in [3.63, 3.8) is 0 Å². The Morgan fingerprint density at radius 2 is 1.62 bits per heavy atom. The second kappa shape index (κ2) is 19.0.